The number of aryl methyl sites for hydroxylation is 1. The zero-order valence-corrected chi connectivity index (χ0v) is 13.3. The molecule has 0 saturated heterocycles. The predicted molar refractivity (Wildman–Crippen MR) is 83.6 cm³/mol. The predicted octanol–water partition coefficient (Wildman–Crippen LogP) is 2.56. The van der Waals surface area contributed by atoms with Crippen molar-refractivity contribution in [1.29, 1.82) is 0 Å². The second-order valence-electron chi connectivity index (χ2n) is 5.02. The van der Waals surface area contributed by atoms with Crippen molar-refractivity contribution in [2.24, 2.45) is 7.05 Å². The Bertz CT molecular complexity index is 985. The topological polar surface area (TPSA) is 76.9 Å². The van der Waals surface area contributed by atoms with E-state index in [1.54, 1.807) is 42.2 Å². The average Bonchev–Trinajstić information content (AvgIpc) is 2.96. The second-order valence-corrected chi connectivity index (χ2v) is 6.71. The van der Waals surface area contributed by atoms with Gasteiger partial charge in [-0.15, -0.1) is 10.2 Å². The summed E-state index contributed by atoms with van der Waals surface area (Å²) in [5, 5.41) is 7.72. The van der Waals surface area contributed by atoms with Gasteiger partial charge in [0.15, 0.2) is 17.5 Å². The molecule has 0 aliphatic rings. The smallest absolute Gasteiger partial charge is 0.261 e. The Morgan fingerprint density at radius 2 is 1.75 bits per heavy atom. The Labute approximate surface area is 136 Å². The summed E-state index contributed by atoms with van der Waals surface area (Å²) in [5.74, 6) is -1.71. The van der Waals surface area contributed by atoms with Crippen LogP contribution in [0.2, 0.25) is 0 Å². The van der Waals surface area contributed by atoms with Gasteiger partial charge in [0.1, 0.15) is 6.33 Å². The molecule has 0 unspecified atom stereocenters. The normalized spacial score (nSPS) is 11.5. The van der Waals surface area contributed by atoms with Gasteiger partial charge in [0, 0.05) is 18.3 Å². The van der Waals surface area contributed by atoms with Gasteiger partial charge in [0.2, 0.25) is 0 Å². The molecule has 124 valence electrons. The highest BCUT2D eigenvalue weighted by atomic mass is 32.2. The summed E-state index contributed by atoms with van der Waals surface area (Å²) in [6, 6.07) is 8.82. The lowest BCUT2D eigenvalue weighted by Gasteiger charge is -2.09. The van der Waals surface area contributed by atoms with Crippen molar-refractivity contribution in [2.75, 3.05) is 4.72 Å². The molecule has 2 aromatic carbocycles. The van der Waals surface area contributed by atoms with Crippen LogP contribution < -0.4 is 4.72 Å². The van der Waals surface area contributed by atoms with Crippen molar-refractivity contribution < 1.29 is 17.2 Å². The molecule has 0 bridgehead atoms. The highest BCUT2D eigenvalue weighted by Crippen LogP contribution is 2.22. The molecular weight excluding hydrogens is 338 g/mol. The number of halogens is 2. The molecule has 1 N–H and O–H groups in total. The maximum atomic E-state index is 13.2. The van der Waals surface area contributed by atoms with Crippen LogP contribution in [0.15, 0.2) is 53.7 Å². The van der Waals surface area contributed by atoms with E-state index in [9.17, 15) is 17.2 Å². The Morgan fingerprint density at radius 1 is 1.04 bits per heavy atom. The lowest BCUT2D eigenvalue weighted by Crippen LogP contribution is -2.13. The molecule has 3 aromatic rings. The molecule has 0 fully saturated rings. The summed E-state index contributed by atoms with van der Waals surface area (Å²) in [5.41, 5.74) is 1.04. The first-order valence-electron chi connectivity index (χ1n) is 6.79. The molecule has 0 amide bonds. The number of anilines is 1. The number of nitrogens with zero attached hydrogens (tertiary/aromatic N) is 3. The van der Waals surface area contributed by atoms with Crippen molar-refractivity contribution in [3.63, 3.8) is 0 Å². The van der Waals surface area contributed by atoms with E-state index in [1.807, 2.05) is 0 Å². The first kappa shape index (κ1) is 16.1. The largest absolute Gasteiger partial charge is 0.317 e. The van der Waals surface area contributed by atoms with Gasteiger partial charge in [-0.2, -0.15) is 0 Å². The van der Waals surface area contributed by atoms with E-state index in [-0.39, 0.29) is 10.6 Å². The van der Waals surface area contributed by atoms with Crippen molar-refractivity contribution in [3.8, 4) is 11.4 Å². The first-order chi connectivity index (χ1) is 11.4. The van der Waals surface area contributed by atoms with E-state index in [0.29, 0.717) is 11.9 Å². The summed E-state index contributed by atoms with van der Waals surface area (Å²) < 4.78 is 54.6. The van der Waals surface area contributed by atoms with Crippen molar-refractivity contribution in [1.82, 2.24) is 14.8 Å². The van der Waals surface area contributed by atoms with Crippen LogP contribution in [0.1, 0.15) is 0 Å². The van der Waals surface area contributed by atoms with Crippen molar-refractivity contribution in [3.05, 3.63) is 60.4 Å². The monoisotopic (exact) mass is 350 g/mol. The molecule has 9 heteroatoms. The van der Waals surface area contributed by atoms with E-state index >= 15 is 0 Å². The lowest BCUT2D eigenvalue weighted by atomic mass is 10.2. The first-order valence-corrected chi connectivity index (χ1v) is 8.27. The van der Waals surface area contributed by atoms with E-state index in [2.05, 4.69) is 14.9 Å². The molecule has 0 aliphatic heterocycles. The van der Waals surface area contributed by atoms with E-state index in [4.69, 9.17) is 0 Å². The van der Waals surface area contributed by atoms with Crippen LogP contribution in [-0.4, -0.2) is 23.2 Å². The molecule has 0 spiro atoms. The van der Waals surface area contributed by atoms with Gasteiger partial charge in [0.25, 0.3) is 10.0 Å². The Morgan fingerprint density at radius 3 is 2.33 bits per heavy atom. The summed E-state index contributed by atoms with van der Waals surface area (Å²) >= 11 is 0. The third kappa shape index (κ3) is 3.11. The number of sulfonamides is 1. The summed E-state index contributed by atoms with van der Waals surface area (Å²) in [7, 11) is -2.23. The summed E-state index contributed by atoms with van der Waals surface area (Å²) in [6.45, 7) is 0. The number of benzene rings is 2. The number of hydrogen-bond donors (Lipinski definition) is 1. The van der Waals surface area contributed by atoms with Gasteiger partial charge in [-0.3, -0.25) is 4.72 Å². The van der Waals surface area contributed by atoms with Gasteiger partial charge in [-0.05, 0) is 42.5 Å². The third-order valence-electron chi connectivity index (χ3n) is 3.31. The molecule has 6 nitrogen and oxygen atoms in total. The maximum absolute atomic E-state index is 13.2. The summed E-state index contributed by atoms with van der Waals surface area (Å²) in [6.07, 6.45) is 1.55. The molecule has 1 aromatic heterocycles. The van der Waals surface area contributed by atoms with Crippen LogP contribution in [0.3, 0.4) is 0 Å². The fraction of sp³-hybridized carbons (Fsp3) is 0.0667. The fourth-order valence-electron chi connectivity index (χ4n) is 2.09. The molecule has 0 atom stereocenters. The maximum Gasteiger partial charge on any atom is 0.261 e. The highest BCUT2D eigenvalue weighted by molar-refractivity contribution is 7.92. The molecule has 0 aliphatic carbocycles. The van der Waals surface area contributed by atoms with E-state index in [0.717, 1.165) is 17.7 Å². The fourth-order valence-corrected chi connectivity index (χ4v) is 3.16. The Hall–Kier alpha value is -2.81. The zero-order chi connectivity index (χ0) is 17.3. The van der Waals surface area contributed by atoms with E-state index < -0.39 is 21.7 Å². The van der Waals surface area contributed by atoms with Crippen LogP contribution in [0.5, 0.6) is 0 Å². The van der Waals surface area contributed by atoms with E-state index in [1.165, 1.54) is 0 Å². The molecule has 0 saturated carbocycles. The van der Waals surface area contributed by atoms with Gasteiger partial charge in [-0.25, -0.2) is 17.2 Å². The van der Waals surface area contributed by atoms with Crippen LogP contribution in [0.25, 0.3) is 11.4 Å². The summed E-state index contributed by atoms with van der Waals surface area (Å²) in [4.78, 5) is -0.362. The van der Waals surface area contributed by atoms with Gasteiger partial charge < -0.3 is 4.57 Å². The molecule has 1 heterocycles. The average molecular weight is 350 g/mol. The van der Waals surface area contributed by atoms with Crippen LogP contribution in [0.4, 0.5) is 14.5 Å². The molecule has 24 heavy (non-hydrogen) atoms. The number of nitrogens with one attached hydrogen (secondary N) is 1. The van der Waals surface area contributed by atoms with Gasteiger partial charge in [0.05, 0.1) is 4.90 Å². The number of hydrogen-bond acceptors (Lipinski definition) is 4. The van der Waals surface area contributed by atoms with Crippen molar-refractivity contribution >= 4 is 15.7 Å². The third-order valence-corrected chi connectivity index (χ3v) is 4.69. The minimum absolute atomic E-state index is 0.283. The van der Waals surface area contributed by atoms with Crippen molar-refractivity contribution in [2.45, 2.75) is 4.90 Å². The Kier molecular flexibility index (Phi) is 4.02. The highest BCUT2D eigenvalue weighted by Gasteiger charge is 2.17. The van der Waals surface area contributed by atoms with Gasteiger partial charge in [-0.1, -0.05) is 0 Å². The Balaban J connectivity index is 1.85. The standard InChI is InChI=1S/C15H12F2N4O2S/c1-21-9-18-19-15(21)10-2-4-11(5-3-10)20-24(22,23)12-6-7-13(16)14(17)8-12/h2-9,20H,1H3. The van der Waals surface area contributed by atoms with Crippen LogP contribution in [0, 0.1) is 11.6 Å². The quantitative estimate of drug-likeness (QED) is 0.784. The number of rotatable bonds is 4. The number of aromatic nitrogens is 3. The minimum atomic E-state index is -4.02. The minimum Gasteiger partial charge on any atom is -0.317 e. The van der Waals surface area contributed by atoms with Crippen LogP contribution >= 0.6 is 0 Å². The second kappa shape index (κ2) is 6.00. The zero-order valence-electron chi connectivity index (χ0n) is 12.4. The van der Waals surface area contributed by atoms with Gasteiger partial charge >= 0.3 is 0 Å². The molecular formula is C15H12F2N4O2S. The SMILES string of the molecule is Cn1cnnc1-c1ccc(NS(=O)(=O)c2ccc(F)c(F)c2)cc1. The van der Waals surface area contributed by atoms with Crippen LogP contribution in [-0.2, 0) is 17.1 Å². The lowest BCUT2D eigenvalue weighted by molar-refractivity contribution is 0.504. The molecule has 3 rings (SSSR count). The molecule has 0 radical (unpaired) electrons.